The van der Waals surface area contributed by atoms with E-state index in [1.54, 1.807) is 23.9 Å². The maximum atomic E-state index is 12.5. The van der Waals surface area contributed by atoms with E-state index in [0.29, 0.717) is 17.9 Å². The Morgan fingerprint density at radius 1 is 1.14 bits per heavy atom. The summed E-state index contributed by atoms with van der Waals surface area (Å²) in [7, 11) is 0. The molecule has 3 N–H and O–H groups in total. The molecule has 0 aliphatic heterocycles. The van der Waals surface area contributed by atoms with E-state index in [2.05, 4.69) is 5.32 Å². The number of ether oxygens (including phenoxy) is 2. The van der Waals surface area contributed by atoms with Crippen molar-refractivity contribution in [1.29, 1.82) is 0 Å². The van der Waals surface area contributed by atoms with Gasteiger partial charge in [-0.25, -0.2) is 4.79 Å². The Bertz CT molecular complexity index is 738. The maximum Gasteiger partial charge on any atom is 0.412 e. The van der Waals surface area contributed by atoms with Crippen LogP contribution in [0.5, 0.6) is 5.75 Å². The highest BCUT2D eigenvalue weighted by molar-refractivity contribution is 7.98. The molecule has 2 aromatic carbocycles. The lowest BCUT2D eigenvalue weighted by Crippen LogP contribution is -2.22. The summed E-state index contributed by atoms with van der Waals surface area (Å²) in [5.41, 5.74) is 1.42. The number of benzene rings is 2. The number of aliphatic hydroxyl groups excluding tert-OH is 2. The van der Waals surface area contributed by atoms with Crippen molar-refractivity contribution >= 4 is 23.5 Å². The predicted molar refractivity (Wildman–Crippen MR) is 111 cm³/mol. The minimum atomic E-state index is -0.562. The van der Waals surface area contributed by atoms with Crippen LogP contribution in [0.15, 0.2) is 53.4 Å². The van der Waals surface area contributed by atoms with Gasteiger partial charge in [0.1, 0.15) is 18.5 Å². The molecule has 0 bridgehead atoms. The lowest BCUT2D eigenvalue weighted by atomic mass is 9.94. The molecular formula is C21H27NO5S. The molecule has 0 aromatic heterocycles. The molecule has 0 heterocycles. The molecule has 2 atom stereocenters. The SMILES string of the molecule is CSc1ccc(NC(=O)O[C@@H](c2cccc(OCCO)c2)[C@H](C)CCO)cc1. The molecule has 28 heavy (non-hydrogen) atoms. The Hall–Kier alpha value is -2.22. The van der Waals surface area contributed by atoms with E-state index in [-0.39, 0.29) is 25.7 Å². The number of carbonyl (C=O) groups excluding carboxylic acids is 1. The number of hydrogen-bond donors (Lipinski definition) is 3. The summed E-state index contributed by atoms with van der Waals surface area (Å²) >= 11 is 1.63. The highest BCUT2D eigenvalue weighted by Gasteiger charge is 2.24. The molecule has 0 aliphatic carbocycles. The molecule has 1 amide bonds. The van der Waals surface area contributed by atoms with Crippen molar-refractivity contribution in [3.8, 4) is 5.75 Å². The molecule has 152 valence electrons. The average molecular weight is 406 g/mol. The van der Waals surface area contributed by atoms with Gasteiger partial charge >= 0.3 is 6.09 Å². The molecule has 0 fully saturated rings. The van der Waals surface area contributed by atoms with Gasteiger partial charge in [-0.1, -0.05) is 19.1 Å². The van der Waals surface area contributed by atoms with Crippen molar-refractivity contribution in [1.82, 2.24) is 0 Å². The second kappa shape index (κ2) is 11.6. The van der Waals surface area contributed by atoms with Gasteiger partial charge in [0.2, 0.25) is 0 Å². The first-order chi connectivity index (χ1) is 13.6. The van der Waals surface area contributed by atoms with Crippen LogP contribution < -0.4 is 10.1 Å². The average Bonchev–Trinajstić information content (AvgIpc) is 2.71. The van der Waals surface area contributed by atoms with Crippen molar-refractivity contribution in [3.05, 3.63) is 54.1 Å². The van der Waals surface area contributed by atoms with Gasteiger partial charge < -0.3 is 19.7 Å². The molecule has 0 saturated heterocycles. The summed E-state index contributed by atoms with van der Waals surface area (Å²) in [6, 6.07) is 14.7. The lowest BCUT2D eigenvalue weighted by molar-refractivity contribution is 0.0665. The van der Waals surface area contributed by atoms with Crippen molar-refractivity contribution in [3.63, 3.8) is 0 Å². The molecule has 0 unspecified atom stereocenters. The number of anilines is 1. The molecule has 0 aliphatic rings. The van der Waals surface area contributed by atoms with Gasteiger partial charge in [-0.2, -0.15) is 0 Å². The molecular weight excluding hydrogens is 378 g/mol. The fourth-order valence-electron chi connectivity index (χ4n) is 2.75. The number of carbonyl (C=O) groups is 1. The molecule has 0 radical (unpaired) electrons. The first-order valence-electron chi connectivity index (χ1n) is 9.13. The number of amides is 1. The first-order valence-corrected chi connectivity index (χ1v) is 10.4. The lowest BCUT2D eigenvalue weighted by Gasteiger charge is -2.24. The fraction of sp³-hybridized carbons (Fsp3) is 0.381. The van der Waals surface area contributed by atoms with Gasteiger partial charge in [0.05, 0.1) is 6.61 Å². The van der Waals surface area contributed by atoms with Crippen LogP contribution in [0.1, 0.15) is 25.0 Å². The van der Waals surface area contributed by atoms with Crippen LogP contribution in [0, 0.1) is 5.92 Å². The van der Waals surface area contributed by atoms with Crippen LogP contribution in [-0.2, 0) is 4.74 Å². The fourth-order valence-corrected chi connectivity index (χ4v) is 3.16. The third kappa shape index (κ3) is 6.74. The van der Waals surface area contributed by atoms with E-state index in [1.807, 2.05) is 49.6 Å². The Kier molecular flexibility index (Phi) is 9.13. The highest BCUT2D eigenvalue weighted by Crippen LogP contribution is 2.31. The van der Waals surface area contributed by atoms with Crippen LogP contribution in [0.2, 0.25) is 0 Å². The monoisotopic (exact) mass is 405 g/mol. The van der Waals surface area contributed by atoms with Gasteiger partial charge in [0, 0.05) is 17.2 Å². The number of aliphatic hydroxyl groups is 2. The van der Waals surface area contributed by atoms with E-state index in [4.69, 9.17) is 14.6 Å². The van der Waals surface area contributed by atoms with Gasteiger partial charge in [-0.15, -0.1) is 11.8 Å². The summed E-state index contributed by atoms with van der Waals surface area (Å²) < 4.78 is 11.2. The molecule has 7 heteroatoms. The second-order valence-electron chi connectivity index (χ2n) is 6.31. The number of rotatable bonds is 10. The first kappa shape index (κ1) is 22.1. The Labute approximate surface area is 169 Å². The third-order valence-electron chi connectivity index (χ3n) is 4.22. The summed E-state index contributed by atoms with van der Waals surface area (Å²) in [4.78, 5) is 13.6. The Morgan fingerprint density at radius 3 is 2.54 bits per heavy atom. The normalized spacial score (nSPS) is 12.9. The molecule has 0 spiro atoms. The minimum absolute atomic E-state index is 0.000501. The second-order valence-corrected chi connectivity index (χ2v) is 7.19. The summed E-state index contributed by atoms with van der Waals surface area (Å²) in [6.07, 6.45) is 1.37. The Morgan fingerprint density at radius 2 is 1.89 bits per heavy atom. The number of hydrogen-bond acceptors (Lipinski definition) is 6. The predicted octanol–water partition coefficient (Wildman–Crippen LogP) is 4.09. The van der Waals surface area contributed by atoms with Crippen LogP contribution >= 0.6 is 11.8 Å². The zero-order valence-electron chi connectivity index (χ0n) is 16.1. The van der Waals surface area contributed by atoms with E-state index >= 15 is 0 Å². The van der Waals surface area contributed by atoms with Gasteiger partial charge in [-0.3, -0.25) is 5.32 Å². The largest absolute Gasteiger partial charge is 0.491 e. The van der Waals surface area contributed by atoms with Crippen LogP contribution in [0.3, 0.4) is 0 Å². The highest BCUT2D eigenvalue weighted by atomic mass is 32.2. The zero-order valence-corrected chi connectivity index (χ0v) is 16.9. The topological polar surface area (TPSA) is 88.0 Å². The minimum Gasteiger partial charge on any atom is -0.491 e. The van der Waals surface area contributed by atoms with Gasteiger partial charge in [-0.05, 0) is 60.6 Å². The van der Waals surface area contributed by atoms with Crippen LogP contribution in [0.25, 0.3) is 0 Å². The smallest absolute Gasteiger partial charge is 0.412 e. The summed E-state index contributed by atoms with van der Waals surface area (Å²) in [5, 5.41) is 21.0. The molecule has 6 nitrogen and oxygen atoms in total. The van der Waals surface area contributed by atoms with Crippen molar-refractivity contribution in [2.45, 2.75) is 24.3 Å². The molecule has 2 aromatic rings. The van der Waals surface area contributed by atoms with E-state index < -0.39 is 12.2 Å². The number of thioether (sulfide) groups is 1. The van der Waals surface area contributed by atoms with E-state index in [1.165, 1.54) is 0 Å². The third-order valence-corrected chi connectivity index (χ3v) is 4.96. The molecule has 2 rings (SSSR count). The van der Waals surface area contributed by atoms with Crippen LogP contribution in [0.4, 0.5) is 10.5 Å². The van der Waals surface area contributed by atoms with Gasteiger partial charge in [0.25, 0.3) is 0 Å². The van der Waals surface area contributed by atoms with Crippen molar-refractivity contribution in [2.24, 2.45) is 5.92 Å². The maximum absolute atomic E-state index is 12.5. The quantitative estimate of drug-likeness (QED) is 0.516. The standard InChI is InChI=1S/C21H27NO5S/c1-15(10-11-23)20(16-4-3-5-18(14-16)26-13-12-24)27-21(25)22-17-6-8-19(28-2)9-7-17/h3-9,14-15,20,23-24H,10-13H2,1-2H3,(H,22,25)/t15-,20-/m1/s1. The van der Waals surface area contributed by atoms with E-state index in [9.17, 15) is 9.90 Å². The Balaban J connectivity index is 2.12. The summed E-state index contributed by atoms with van der Waals surface area (Å²) in [6.45, 7) is 2.03. The van der Waals surface area contributed by atoms with Crippen molar-refractivity contribution < 1.29 is 24.5 Å². The zero-order chi connectivity index (χ0) is 20.4. The van der Waals surface area contributed by atoms with Gasteiger partial charge in [0.15, 0.2) is 0 Å². The number of nitrogens with one attached hydrogen (secondary N) is 1. The van der Waals surface area contributed by atoms with E-state index in [0.717, 1.165) is 10.5 Å². The van der Waals surface area contributed by atoms with Crippen LogP contribution in [-0.4, -0.2) is 42.4 Å². The molecule has 0 saturated carbocycles. The summed E-state index contributed by atoms with van der Waals surface area (Å²) in [5.74, 6) is 0.493. The van der Waals surface area contributed by atoms with Crippen molar-refractivity contribution in [2.75, 3.05) is 31.4 Å².